The van der Waals surface area contributed by atoms with Gasteiger partial charge in [0.05, 0.1) is 23.6 Å². The molecule has 0 heterocycles. The molecule has 106 valence electrons. The molecule has 20 heavy (non-hydrogen) atoms. The number of esters is 1. The fourth-order valence-corrected chi connectivity index (χ4v) is 3.50. The van der Waals surface area contributed by atoms with Gasteiger partial charge in [-0.25, -0.2) is 0 Å². The van der Waals surface area contributed by atoms with Gasteiger partial charge in [0, 0.05) is 5.02 Å². The number of carbonyl (C=O) groups is 2. The Morgan fingerprint density at radius 3 is 2.55 bits per heavy atom. The van der Waals surface area contributed by atoms with Crippen LogP contribution in [0.5, 0.6) is 5.75 Å². The van der Waals surface area contributed by atoms with Crippen LogP contribution in [0.4, 0.5) is 5.69 Å². The zero-order valence-corrected chi connectivity index (χ0v) is 11.7. The van der Waals surface area contributed by atoms with E-state index in [1.165, 1.54) is 19.2 Å². The number of phenolic OH excluding ortho intramolecular Hbond substituents is 1. The van der Waals surface area contributed by atoms with E-state index in [-0.39, 0.29) is 17.6 Å². The fourth-order valence-electron chi connectivity index (χ4n) is 3.33. The second kappa shape index (κ2) is 4.12. The summed E-state index contributed by atoms with van der Waals surface area (Å²) in [6.07, 6.45) is 1.54. The maximum atomic E-state index is 12.3. The van der Waals surface area contributed by atoms with Gasteiger partial charge in [-0.2, -0.15) is 0 Å². The molecule has 0 saturated heterocycles. The summed E-state index contributed by atoms with van der Waals surface area (Å²) < 4.78 is 4.74. The molecule has 1 amide bonds. The summed E-state index contributed by atoms with van der Waals surface area (Å²) in [5.41, 5.74) is -0.662. The lowest BCUT2D eigenvalue weighted by atomic mass is 9.35. The first-order valence-corrected chi connectivity index (χ1v) is 6.67. The summed E-state index contributed by atoms with van der Waals surface area (Å²) in [6.45, 7) is 0. The third kappa shape index (κ3) is 1.69. The lowest BCUT2D eigenvalue weighted by Crippen LogP contribution is -2.69. The van der Waals surface area contributed by atoms with Crippen molar-refractivity contribution in [3.05, 3.63) is 23.2 Å². The topological polar surface area (TPSA) is 75.6 Å². The Hall–Kier alpha value is -1.75. The van der Waals surface area contributed by atoms with Crippen molar-refractivity contribution in [1.82, 2.24) is 0 Å². The highest BCUT2D eigenvalue weighted by Crippen LogP contribution is 2.74. The van der Waals surface area contributed by atoms with E-state index < -0.39 is 10.8 Å². The summed E-state index contributed by atoms with van der Waals surface area (Å²) in [5.74, 6) is -0.448. The molecule has 1 aromatic carbocycles. The van der Waals surface area contributed by atoms with Crippen LogP contribution in [0.2, 0.25) is 5.02 Å². The molecule has 0 unspecified atom stereocenters. The molecule has 2 N–H and O–H groups in total. The number of halogens is 1. The van der Waals surface area contributed by atoms with Crippen LogP contribution in [-0.4, -0.2) is 24.1 Å². The Kier molecular flexibility index (Phi) is 2.73. The predicted octanol–water partition coefficient (Wildman–Crippen LogP) is 2.33. The largest absolute Gasteiger partial charge is 0.506 e. The van der Waals surface area contributed by atoms with Gasteiger partial charge in [0.15, 0.2) is 0 Å². The number of hydrogen-bond donors (Lipinski definition) is 2. The molecule has 0 aromatic heterocycles. The highest BCUT2D eigenvalue weighted by molar-refractivity contribution is 6.31. The molecule has 3 aliphatic carbocycles. The predicted molar refractivity (Wildman–Crippen MR) is 72.5 cm³/mol. The van der Waals surface area contributed by atoms with Gasteiger partial charge in [0.25, 0.3) is 0 Å². The smallest absolute Gasteiger partial charge is 0.311 e. The number of carbonyl (C=O) groups excluding carboxylic acids is 2. The Labute approximate surface area is 120 Å². The first kappa shape index (κ1) is 13.2. The molecule has 3 aliphatic rings. The van der Waals surface area contributed by atoms with Crippen LogP contribution in [0.25, 0.3) is 0 Å². The number of methoxy groups -OCH3 is 1. The molecule has 1 aromatic rings. The zero-order chi connectivity index (χ0) is 14.5. The summed E-state index contributed by atoms with van der Waals surface area (Å²) in [4.78, 5) is 23.8. The van der Waals surface area contributed by atoms with Gasteiger partial charge in [-0.15, -0.1) is 0 Å². The van der Waals surface area contributed by atoms with E-state index in [0.717, 1.165) is 0 Å². The van der Waals surface area contributed by atoms with Crippen LogP contribution < -0.4 is 5.32 Å². The SMILES string of the molecule is COC(=O)C12CC(C(=O)Nc3cc(Cl)ccc3O)(C1)C2. The van der Waals surface area contributed by atoms with Crippen LogP contribution in [0.3, 0.4) is 0 Å². The number of phenols is 1. The molecule has 0 aliphatic heterocycles. The number of amides is 1. The highest BCUT2D eigenvalue weighted by Gasteiger charge is 2.75. The molecule has 6 heteroatoms. The molecular formula is C14H14ClNO4. The lowest BCUT2D eigenvalue weighted by molar-refractivity contribution is -0.220. The number of benzene rings is 1. The Balaban J connectivity index is 1.68. The van der Waals surface area contributed by atoms with Crippen molar-refractivity contribution in [2.45, 2.75) is 19.3 Å². The number of rotatable bonds is 3. The lowest BCUT2D eigenvalue weighted by Gasteiger charge is -2.66. The van der Waals surface area contributed by atoms with E-state index in [0.29, 0.717) is 30.0 Å². The van der Waals surface area contributed by atoms with Gasteiger partial charge in [-0.05, 0) is 37.5 Å². The summed E-state index contributed by atoms with van der Waals surface area (Å²) >= 11 is 5.83. The standard InChI is InChI=1S/C14H14ClNO4/c1-20-12(19)14-5-13(6-14,7-14)11(18)16-9-4-8(15)2-3-10(9)17/h2-4,17H,5-7H2,1H3,(H,16,18). The van der Waals surface area contributed by atoms with Gasteiger partial charge in [0.2, 0.25) is 5.91 Å². The van der Waals surface area contributed by atoms with Crippen LogP contribution in [0.15, 0.2) is 18.2 Å². The van der Waals surface area contributed by atoms with Crippen molar-refractivity contribution in [1.29, 1.82) is 0 Å². The van der Waals surface area contributed by atoms with Crippen molar-refractivity contribution < 1.29 is 19.4 Å². The third-order valence-corrected chi connectivity index (χ3v) is 4.57. The number of nitrogens with one attached hydrogen (secondary N) is 1. The van der Waals surface area contributed by atoms with Crippen molar-refractivity contribution >= 4 is 29.2 Å². The molecule has 0 atom stereocenters. The van der Waals surface area contributed by atoms with Crippen molar-refractivity contribution in [3.8, 4) is 5.75 Å². The normalized spacial score (nSPS) is 29.9. The summed E-state index contributed by atoms with van der Waals surface area (Å²) in [7, 11) is 1.36. The molecule has 0 radical (unpaired) electrons. The molecule has 3 saturated carbocycles. The van der Waals surface area contributed by atoms with E-state index in [1.807, 2.05) is 0 Å². The second-order valence-electron chi connectivity index (χ2n) is 5.70. The fraction of sp³-hybridized carbons (Fsp3) is 0.429. The monoisotopic (exact) mass is 295 g/mol. The quantitative estimate of drug-likeness (QED) is 0.663. The highest BCUT2D eigenvalue weighted by atomic mass is 35.5. The van der Waals surface area contributed by atoms with E-state index in [4.69, 9.17) is 16.3 Å². The minimum Gasteiger partial charge on any atom is -0.506 e. The zero-order valence-electron chi connectivity index (χ0n) is 10.9. The minimum absolute atomic E-state index is 0.0305. The summed E-state index contributed by atoms with van der Waals surface area (Å²) in [6, 6.07) is 4.46. The van der Waals surface area contributed by atoms with Crippen LogP contribution in [-0.2, 0) is 14.3 Å². The number of aromatic hydroxyl groups is 1. The second-order valence-corrected chi connectivity index (χ2v) is 6.13. The van der Waals surface area contributed by atoms with E-state index in [1.54, 1.807) is 6.07 Å². The number of anilines is 1. The maximum absolute atomic E-state index is 12.3. The Bertz CT molecular complexity index is 593. The molecule has 3 fully saturated rings. The molecule has 0 spiro atoms. The average molecular weight is 296 g/mol. The number of hydrogen-bond acceptors (Lipinski definition) is 4. The average Bonchev–Trinajstić information content (AvgIpc) is 2.30. The van der Waals surface area contributed by atoms with Gasteiger partial charge in [-0.3, -0.25) is 9.59 Å². The first-order valence-electron chi connectivity index (χ1n) is 6.29. The van der Waals surface area contributed by atoms with Crippen LogP contribution >= 0.6 is 11.6 Å². The number of ether oxygens (including phenoxy) is 1. The molecule has 4 rings (SSSR count). The Morgan fingerprint density at radius 2 is 1.95 bits per heavy atom. The molecular weight excluding hydrogens is 282 g/mol. The van der Waals surface area contributed by atoms with Gasteiger partial charge in [0.1, 0.15) is 5.75 Å². The van der Waals surface area contributed by atoms with Gasteiger partial charge >= 0.3 is 5.97 Å². The van der Waals surface area contributed by atoms with Crippen molar-refractivity contribution in [3.63, 3.8) is 0 Å². The molecule has 2 bridgehead atoms. The molecule has 5 nitrogen and oxygen atoms in total. The van der Waals surface area contributed by atoms with Crippen molar-refractivity contribution in [2.24, 2.45) is 10.8 Å². The van der Waals surface area contributed by atoms with Crippen molar-refractivity contribution in [2.75, 3.05) is 12.4 Å². The summed E-state index contributed by atoms with van der Waals surface area (Å²) in [5, 5.41) is 12.8. The van der Waals surface area contributed by atoms with Crippen LogP contribution in [0.1, 0.15) is 19.3 Å². The first-order chi connectivity index (χ1) is 9.41. The van der Waals surface area contributed by atoms with E-state index >= 15 is 0 Å². The van der Waals surface area contributed by atoms with Gasteiger partial charge < -0.3 is 15.2 Å². The van der Waals surface area contributed by atoms with E-state index in [2.05, 4.69) is 5.32 Å². The van der Waals surface area contributed by atoms with Crippen LogP contribution in [0, 0.1) is 10.8 Å². The third-order valence-electron chi connectivity index (χ3n) is 4.34. The minimum atomic E-state index is -0.497. The Morgan fingerprint density at radius 1 is 1.30 bits per heavy atom. The maximum Gasteiger partial charge on any atom is 0.311 e. The van der Waals surface area contributed by atoms with Gasteiger partial charge in [-0.1, -0.05) is 11.6 Å². The van der Waals surface area contributed by atoms with E-state index in [9.17, 15) is 14.7 Å².